The predicted octanol–water partition coefficient (Wildman–Crippen LogP) is -0.0823. The van der Waals surface area contributed by atoms with Gasteiger partial charge < -0.3 is 15.4 Å². The number of carbonyl (C=O) groups is 3. The molecule has 0 spiro atoms. The van der Waals surface area contributed by atoms with Gasteiger partial charge in [0.15, 0.2) is 6.17 Å². The third-order valence-electron chi connectivity index (χ3n) is 2.68. The molecule has 7 nitrogen and oxygen atoms in total. The Morgan fingerprint density at radius 1 is 1.18 bits per heavy atom. The Hall–Kier alpha value is -2.41. The summed E-state index contributed by atoms with van der Waals surface area (Å²) in [5, 5.41) is 7.79. The molecule has 0 aliphatic heterocycles. The molecule has 0 aromatic heterocycles. The number of amides is 2. The number of nitrogens with one attached hydrogen (secondary N) is 3. The summed E-state index contributed by atoms with van der Waals surface area (Å²) in [5.74, 6) is -1.30. The third-order valence-corrected chi connectivity index (χ3v) is 2.68. The largest absolute Gasteiger partial charge is 0.465 e. The van der Waals surface area contributed by atoms with Gasteiger partial charge in [0.2, 0.25) is 5.91 Å². The molecule has 0 saturated carbocycles. The Morgan fingerprint density at radius 3 is 2.45 bits per heavy atom. The van der Waals surface area contributed by atoms with Crippen LogP contribution in [0.2, 0.25) is 0 Å². The molecule has 1 atom stereocenters. The number of benzene rings is 1. The van der Waals surface area contributed by atoms with Crippen molar-refractivity contribution in [3.8, 4) is 0 Å². The van der Waals surface area contributed by atoms with Gasteiger partial charge in [-0.3, -0.25) is 19.7 Å². The number of rotatable bonds is 8. The Labute approximate surface area is 129 Å². The summed E-state index contributed by atoms with van der Waals surface area (Å²) < 4.78 is 4.76. The summed E-state index contributed by atoms with van der Waals surface area (Å²) in [4.78, 5) is 34.5. The van der Waals surface area contributed by atoms with E-state index in [4.69, 9.17) is 4.74 Å². The molecular weight excluding hydrogens is 286 g/mol. The van der Waals surface area contributed by atoms with Gasteiger partial charge in [0, 0.05) is 13.5 Å². The van der Waals surface area contributed by atoms with Crippen LogP contribution in [-0.4, -0.2) is 37.1 Å². The lowest BCUT2D eigenvalue weighted by Crippen LogP contribution is -2.55. The topological polar surface area (TPSA) is 96.5 Å². The molecule has 1 aromatic carbocycles. The highest BCUT2D eigenvalue weighted by Crippen LogP contribution is 1.97. The lowest BCUT2D eigenvalue weighted by Gasteiger charge is -2.18. The zero-order valence-electron chi connectivity index (χ0n) is 12.7. The molecule has 0 aliphatic carbocycles. The average Bonchev–Trinajstić information content (AvgIpc) is 2.50. The summed E-state index contributed by atoms with van der Waals surface area (Å²) >= 11 is 0. The fourth-order valence-corrected chi connectivity index (χ4v) is 1.70. The van der Waals surface area contributed by atoms with E-state index >= 15 is 0 Å². The number of hydrogen-bond donors (Lipinski definition) is 3. The molecule has 1 rings (SSSR count). The summed E-state index contributed by atoms with van der Waals surface area (Å²) in [5.41, 5.74) is 0.933. The monoisotopic (exact) mass is 307 g/mol. The standard InChI is InChI=1S/C15H21N3O4/c1-3-22-13(20)10-16-14(18-11(2)19)15(21)17-9-12-7-5-4-6-8-12/h4-8,14,16H,3,9-10H2,1-2H3,(H,17,21)(H,18,19). The Kier molecular flexibility index (Phi) is 7.63. The molecule has 3 N–H and O–H groups in total. The normalized spacial score (nSPS) is 11.4. The van der Waals surface area contributed by atoms with Crippen molar-refractivity contribution in [3.63, 3.8) is 0 Å². The van der Waals surface area contributed by atoms with Gasteiger partial charge in [-0.2, -0.15) is 0 Å². The Balaban J connectivity index is 2.52. The van der Waals surface area contributed by atoms with E-state index in [9.17, 15) is 14.4 Å². The van der Waals surface area contributed by atoms with Crippen LogP contribution in [0.25, 0.3) is 0 Å². The maximum Gasteiger partial charge on any atom is 0.319 e. The molecule has 7 heteroatoms. The molecule has 0 aliphatic rings. The van der Waals surface area contributed by atoms with Crippen molar-refractivity contribution in [1.29, 1.82) is 0 Å². The molecule has 0 radical (unpaired) electrons. The maximum absolute atomic E-state index is 12.1. The Bertz CT molecular complexity index is 505. The highest BCUT2D eigenvalue weighted by Gasteiger charge is 2.19. The van der Waals surface area contributed by atoms with Crippen molar-refractivity contribution < 1.29 is 19.1 Å². The van der Waals surface area contributed by atoms with Crippen LogP contribution >= 0.6 is 0 Å². The molecule has 22 heavy (non-hydrogen) atoms. The van der Waals surface area contributed by atoms with Crippen LogP contribution in [0.4, 0.5) is 0 Å². The predicted molar refractivity (Wildman–Crippen MR) is 80.5 cm³/mol. The summed E-state index contributed by atoms with van der Waals surface area (Å²) in [6, 6.07) is 9.36. The lowest BCUT2D eigenvalue weighted by molar-refractivity contribution is -0.142. The third kappa shape index (κ3) is 6.85. The van der Waals surface area contributed by atoms with E-state index in [1.54, 1.807) is 6.92 Å². The molecule has 1 unspecified atom stereocenters. The van der Waals surface area contributed by atoms with Crippen LogP contribution in [-0.2, 0) is 25.7 Å². The second-order valence-electron chi connectivity index (χ2n) is 4.52. The van der Waals surface area contributed by atoms with Gasteiger partial charge in [-0.05, 0) is 12.5 Å². The van der Waals surface area contributed by atoms with Gasteiger partial charge in [-0.25, -0.2) is 0 Å². The molecule has 0 heterocycles. The summed E-state index contributed by atoms with van der Waals surface area (Å²) in [6.45, 7) is 3.40. The first-order valence-corrected chi connectivity index (χ1v) is 7.00. The second-order valence-corrected chi connectivity index (χ2v) is 4.52. The van der Waals surface area contributed by atoms with Crippen LogP contribution in [0.15, 0.2) is 30.3 Å². The zero-order valence-corrected chi connectivity index (χ0v) is 12.7. The number of carbonyl (C=O) groups excluding carboxylic acids is 3. The van der Waals surface area contributed by atoms with Gasteiger partial charge in [-0.15, -0.1) is 0 Å². The van der Waals surface area contributed by atoms with Crippen molar-refractivity contribution >= 4 is 17.8 Å². The van der Waals surface area contributed by atoms with E-state index in [0.717, 1.165) is 5.56 Å². The minimum absolute atomic E-state index is 0.169. The first-order valence-electron chi connectivity index (χ1n) is 7.00. The Morgan fingerprint density at radius 2 is 1.86 bits per heavy atom. The second kappa shape index (κ2) is 9.51. The van der Waals surface area contributed by atoms with Crippen molar-refractivity contribution in [2.75, 3.05) is 13.2 Å². The zero-order chi connectivity index (χ0) is 16.4. The van der Waals surface area contributed by atoms with Crippen LogP contribution in [0.1, 0.15) is 19.4 Å². The van der Waals surface area contributed by atoms with E-state index in [0.29, 0.717) is 6.54 Å². The van der Waals surface area contributed by atoms with Crippen LogP contribution in [0.5, 0.6) is 0 Å². The summed E-state index contributed by atoms with van der Waals surface area (Å²) in [6.07, 6.45) is -0.995. The van der Waals surface area contributed by atoms with Crippen LogP contribution in [0, 0.1) is 0 Å². The maximum atomic E-state index is 12.1. The highest BCUT2D eigenvalue weighted by molar-refractivity contribution is 5.87. The molecule has 0 fully saturated rings. The quantitative estimate of drug-likeness (QED) is 0.461. The van der Waals surface area contributed by atoms with E-state index < -0.39 is 18.0 Å². The van der Waals surface area contributed by atoms with Gasteiger partial charge >= 0.3 is 5.97 Å². The van der Waals surface area contributed by atoms with Crippen molar-refractivity contribution in [1.82, 2.24) is 16.0 Å². The number of ether oxygens (including phenoxy) is 1. The van der Waals surface area contributed by atoms with E-state index in [-0.39, 0.29) is 19.1 Å². The molecule has 0 bridgehead atoms. The van der Waals surface area contributed by atoms with E-state index in [2.05, 4.69) is 16.0 Å². The molecule has 1 aromatic rings. The van der Waals surface area contributed by atoms with Crippen molar-refractivity contribution in [2.24, 2.45) is 0 Å². The molecule has 2 amide bonds. The number of esters is 1. The van der Waals surface area contributed by atoms with Crippen LogP contribution < -0.4 is 16.0 Å². The van der Waals surface area contributed by atoms with Crippen molar-refractivity contribution in [3.05, 3.63) is 35.9 Å². The fraction of sp³-hybridized carbons (Fsp3) is 0.400. The molecule has 120 valence electrons. The fourth-order valence-electron chi connectivity index (χ4n) is 1.70. The minimum atomic E-state index is -0.995. The first kappa shape index (κ1) is 17.6. The van der Waals surface area contributed by atoms with Crippen molar-refractivity contribution in [2.45, 2.75) is 26.6 Å². The van der Waals surface area contributed by atoms with E-state index in [1.807, 2.05) is 30.3 Å². The molecule has 0 saturated heterocycles. The minimum Gasteiger partial charge on any atom is -0.465 e. The number of hydrogen-bond acceptors (Lipinski definition) is 5. The van der Waals surface area contributed by atoms with Gasteiger partial charge in [-0.1, -0.05) is 30.3 Å². The lowest BCUT2D eigenvalue weighted by atomic mass is 10.2. The first-order chi connectivity index (χ1) is 10.5. The smallest absolute Gasteiger partial charge is 0.319 e. The SMILES string of the molecule is CCOC(=O)CNC(NC(C)=O)C(=O)NCc1ccccc1. The summed E-state index contributed by atoms with van der Waals surface area (Å²) in [7, 11) is 0. The van der Waals surface area contributed by atoms with Gasteiger partial charge in [0.25, 0.3) is 5.91 Å². The van der Waals surface area contributed by atoms with E-state index in [1.165, 1.54) is 6.92 Å². The van der Waals surface area contributed by atoms with Crippen LogP contribution in [0.3, 0.4) is 0 Å². The van der Waals surface area contributed by atoms with Gasteiger partial charge in [0.05, 0.1) is 13.2 Å². The van der Waals surface area contributed by atoms with Gasteiger partial charge in [0.1, 0.15) is 0 Å². The average molecular weight is 307 g/mol. The molecular formula is C15H21N3O4. The highest BCUT2D eigenvalue weighted by atomic mass is 16.5.